The number of anilines is 1. The van der Waals surface area contributed by atoms with E-state index in [-0.39, 0.29) is 5.91 Å². The predicted octanol–water partition coefficient (Wildman–Crippen LogP) is 4.14. The Labute approximate surface area is 154 Å². The number of aryl methyl sites for hydroxylation is 1. The van der Waals surface area contributed by atoms with Crippen LogP contribution in [-0.2, 0) is 0 Å². The number of carbonyl (C=O) groups is 1. The summed E-state index contributed by atoms with van der Waals surface area (Å²) < 4.78 is 0. The second-order valence-corrected chi connectivity index (χ2v) is 7.60. The van der Waals surface area contributed by atoms with Crippen molar-refractivity contribution in [1.82, 2.24) is 14.9 Å². The number of fused-ring (bicyclic) bond motifs is 1. The van der Waals surface area contributed by atoms with E-state index in [4.69, 9.17) is 17.3 Å². The summed E-state index contributed by atoms with van der Waals surface area (Å²) in [5.41, 5.74) is 8.44. The molecular formula is C18H17ClN4OS. The third kappa shape index (κ3) is 2.85. The molecule has 25 heavy (non-hydrogen) atoms. The fourth-order valence-corrected chi connectivity index (χ4v) is 4.39. The quantitative estimate of drug-likeness (QED) is 0.733. The van der Waals surface area contributed by atoms with Crippen molar-refractivity contribution in [3.8, 4) is 11.4 Å². The zero-order valence-electron chi connectivity index (χ0n) is 13.8. The monoisotopic (exact) mass is 372 g/mol. The predicted molar refractivity (Wildman–Crippen MR) is 102 cm³/mol. The van der Waals surface area contributed by atoms with Gasteiger partial charge in [0.1, 0.15) is 9.71 Å². The van der Waals surface area contributed by atoms with Crippen molar-refractivity contribution < 1.29 is 4.79 Å². The van der Waals surface area contributed by atoms with Gasteiger partial charge in [0.25, 0.3) is 5.91 Å². The van der Waals surface area contributed by atoms with Crippen LogP contribution in [0.2, 0.25) is 5.02 Å². The van der Waals surface area contributed by atoms with E-state index in [9.17, 15) is 4.79 Å². The maximum absolute atomic E-state index is 12.7. The Morgan fingerprint density at radius 2 is 1.88 bits per heavy atom. The number of benzene rings is 1. The normalized spacial score (nSPS) is 14.4. The van der Waals surface area contributed by atoms with Gasteiger partial charge in [-0.3, -0.25) is 4.79 Å². The highest BCUT2D eigenvalue weighted by atomic mass is 35.5. The number of nitrogens with two attached hydrogens (primary N) is 1. The van der Waals surface area contributed by atoms with Crippen molar-refractivity contribution >= 4 is 44.7 Å². The number of nitrogen functional groups attached to an aromatic ring is 1. The van der Waals surface area contributed by atoms with E-state index < -0.39 is 0 Å². The molecule has 0 atom stereocenters. The summed E-state index contributed by atoms with van der Waals surface area (Å²) in [7, 11) is 0. The summed E-state index contributed by atoms with van der Waals surface area (Å²) in [6.07, 6.45) is 2.10. The van der Waals surface area contributed by atoms with Crippen LogP contribution in [0.1, 0.15) is 28.2 Å². The van der Waals surface area contributed by atoms with Crippen LogP contribution in [0.4, 0.5) is 5.69 Å². The van der Waals surface area contributed by atoms with E-state index in [1.54, 1.807) is 0 Å². The Hall–Kier alpha value is -2.18. The van der Waals surface area contributed by atoms with Gasteiger partial charge in [0.05, 0.1) is 16.8 Å². The van der Waals surface area contributed by atoms with Gasteiger partial charge in [0.15, 0.2) is 5.82 Å². The Morgan fingerprint density at radius 3 is 2.56 bits per heavy atom. The van der Waals surface area contributed by atoms with Crippen molar-refractivity contribution in [2.45, 2.75) is 19.8 Å². The number of hydrogen-bond acceptors (Lipinski definition) is 5. The van der Waals surface area contributed by atoms with Gasteiger partial charge in [-0.25, -0.2) is 9.97 Å². The number of rotatable bonds is 2. The van der Waals surface area contributed by atoms with E-state index in [2.05, 4.69) is 9.97 Å². The molecule has 4 rings (SSSR count). The smallest absolute Gasteiger partial charge is 0.266 e. The lowest BCUT2D eigenvalue weighted by Gasteiger charge is -2.14. The maximum atomic E-state index is 12.7. The number of carbonyl (C=O) groups excluding carboxylic acids is 1. The highest BCUT2D eigenvalue weighted by Gasteiger charge is 2.26. The number of nitrogens with zero attached hydrogens (tertiary/aromatic N) is 3. The van der Waals surface area contributed by atoms with Gasteiger partial charge in [0.2, 0.25) is 0 Å². The summed E-state index contributed by atoms with van der Waals surface area (Å²) in [6.45, 7) is 3.50. The van der Waals surface area contributed by atoms with Crippen LogP contribution in [0.5, 0.6) is 0 Å². The molecule has 0 radical (unpaired) electrons. The van der Waals surface area contributed by atoms with Crippen molar-refractivity contribution in [2.24, 2.45) is 0 Å². The molecule has 3 heterocycles. The maximum Gasteiger partial charge on any atom is 0.266 e. The average molecular weight is 373 g/mol. The first-order valence-corrected chi connectivity index (χ1v) is 9.36. The van der Waals surface area contributed by atoms with Crippen molar-refractivity contribution in [3.05, 3.63) is 39.9 Å². The van der Waals surface area contributed by atoms with Gasteiger partial charge in [-0.1, -0.05) is 11.6 Å². The highest BCUT2D eigenvalue weighted by Crippen LogP contribution is 2.36. The molecule has 0 unspecified atom stereocenters. The standard InChI is InChI=1S/C18H17ClN4OS/c1-10-13-14(20)15(18(24)23-8-2-3-9-23)25-17(13)22-16(21-10)11-4-6-12(19)7-5-11/h4-7H,2-3,8-9,20H2,1H3. The molecule has 1 saturated heterocycles. The van der Waals surface area contributed by atoms with E-state index in [1.807, 2.05) is 36.1 Å². The molecule has 1 aliphatic heterocycles. The topological polar surface area (TPSA) is 72.1 Å². The van der Waals surface area contributed by atoms with Gasteiger partial charge in [0, 0.05) is 23.7 Å². The minimum absolute atomic E-state index is 0.00504. The molecule has 0 saturated carbocycles. The largest absolute Gasteiger partial charge is 0.397 e. The lowest BCUT2D eigenvalue weighted by atomic mass is 10.2. The SMILES string of the molecule is Cc1nc(-c2ccc(Cl)cc2)nc2sc(C(=O)N3CCCC3)c(N)c12. The first-order chi connectivity index (χ1) is 12.0. The van der Waals surface area contributed by atoms with Crippen LogP contribution >= 0.6 is 22.9 Å². The molecule has 128 valence electrons. The van der Waals surface area contributed by atoms with Gasteiger partial charge in [-0.15, -0.1) is 11.3 Å². The van der Waals surface area contributed by atoms with Crippen LogP contribution < -0.4 is 5.73 Å². The van der Waals surface area contributed by atoms with Crippen molar-refractivity contribution in [2.75, 3.05) is 18.8 Å². The summed E-state index contributed by atoms with van der Waals surface area (Å²) in [5.74, 6) is 0.619. The molecular weight excluding hydrogens is 356 g/mol. The zero-order chi connectivity index (χ0) is 17.6. The lowest BCUT2D eigenvalue weighted by molar-refractivity contribution is 0.0798. The van der Waals surface area contributed by atoms with Crippen molar-refractivity contribution in [3.63, 3.8) is 0 Å². The van der Waals surface area contributed by atoms with E-state index >= 15 is 0 Å². The number of likely N-dealkylation sites (tertiary alicyclic amines) is 1. The Bertz CT molecular complexity index is 961. The van der Waals surface area contributed by atoms with Crippen LogP contribution in [0.3, 0.4) is 0 Å². The summed E-state index contributed by atoms with van der Waals surface area (Å²) in [5, 5.41) is 1.45. The van der Waals surface area contributed by atoms with Gasteiger partial charge >= 0.3 is 0 Å². The molecule has 5 nitrogen and oxygen atoms in total. The molecule has 7 heteroatoms. The van der Waals surface area contributed by atoms with E-state index in [0.29, 0.717) is 21.4 Å². The highest BCUT2D eigenvalue weighted by molar-refractivity contribution is 7.21. The molecule has 2 aromatic heterocycles. The fourth-order valence-electron chi connectivity index (χ4n) is 3.15. The molecule has 1 aliphatic rings. The molecule has 0 aliphatic carbocycles. The van der Waals surface area contributed by atoms with Crippen LogP contribution in [0.25, 0.3) is 21.6 Å². The van der Waals surface area contributed by atoms with Gasteiger partial charge < -0.3 is 10.6 Å². The number of halogens is 1. The molecule has 2 N–H and O–H groups in total. The minimum atomic E-state index is 0.00504. The summed E-state index contributed by atoms with van der Waals surface area (Å²) in [4.78, 5) is 25.1. The summed E-state index contributed by atoms with van der Waals surface area (Å²) in [6, 6.07) is 7.39. The van der Waals surface area contributed by atoms with Crippen LogP contribution in [-0.4, -0.2) is 33.9 Å². The molecule has 0 bridgehead atoms. The minimum Gasteiger partial charge on any atom is -0.397 e. The van der Waals surface area contributed by atoms with Crippen LogP contribution in [0, 0.1) is 6.92 Å². The number of thiophene rings is 1. The Kier molecular flexibility index (Phi) is 4.09. The average Bonchev–Trinajstić information content (AvgIpc) is 3.23. The first-order valence-electron chi connectivity index (χ1n) is 8.16. The summed E-state index contributed by atoms with van der Waals surface area (Å²) >= 11 is 7.30. The second kappa shape index (κ2) is 6.28. The third-order valence-corrected chi connectivity index (χ3v) is 5.80. The molecule has 1 amide bonds. The number of hydrogen-bond donors (Lipinski definition) is 1. The van der Waals surface area contributed by atoms with Crippen molar-refractivity contribution in [1.29, 1.82) is 0 Å². The van der Waals surface area contributed by atoms with E-state index in [0.717, 1.165) is 47.4 Å². The van der Waals surface area contributed by atoms with Gasteiger partial charge in [-0.05, 0) is 44.0 Å². The molecule has 1 fully saturated rings. The number of aromatic nitrogens is 2. The second-order valence-electron chi connectivity index (χ2n) is 6.16. The molecule has 0 spiro atoms. The Morgan fingerprint density at radius 1 is 1.20 bits per heavy atom. The zero-order valence-corrected chi connectivity index (χ0v) is 15.3. The fraction of sp³-hybridized carbons (Fsp3) is 0.278. The van der Waals surface area contributed by atoms with Crippen LogP contribution in [0.15, 0.2) is 24.3 Å². The molecule has 1 aromatic carbocycles. The first kappa shape index (κ1) is 16.3. The number of amides is 1. The van der Waals surface area contributed by atoms with Gasteiger partial charge in [-0.2, -0.15) is 0 Å². The Balaban J connectivity index is 1.81. The molecule has 3 aromatic rings. The third-order valence-electron chi connectivity index (χ3n) is 4.46. The lowest BCUT2D eigenvalue weighted by Crippen LogP contribution is -2.27. The van der Waals surface area contributed by atoms with E-state index in [1.165, 1.54) is 11.3 Å².